The highest BCUT2D eigenvalue weighted by atomic mass is 16.3. The van der Waals surface area contributed by atoms with E-state index in [4.69, 9.17) is 0 Å². The molecule has 5 heteroatoms. The number of piperidine rings is 1. The molecule has 1 aromatic rings. The van der Waals surface area contributed by atoms with E-state index in [-0.39, 0.29) is 30.1 Å². The number of hydrogen-bond acceptors (Lipinski definition) is 4. The van der Waals surface area contributed by atoms with E-state index < -0.39 is 0 Å². The van der Waals surface area contributed by atoms with Crippen LogP contribution in [0.1, 0.15) is 29.6 Å². The van der Waals surface area contributed by atoms with E-state index >= 15 is 0 Å². The van der Waals surface area contributed by atoms with E-state index in [0.29, 0.717) is 12.1 Å². The van der Waals surface area contributed by atoms with E-state index in [1.165, 1.54) is 18.2 Å². The minimum atomic E-state index is -0.307. The number of hydrogen-bond donors (Lipinski definition) is 3. The second-order valence-corrected chi connectivity index (χ2v) is 4.53. The van der Waals surface area contributed by atoms with Gasteiger partial charge in [-0.05, 0) is 37.5 Å². The summed E-state index contributed by atoms with van der Waals surface area (Å²) in [4.78, 5) is 13.9. The van der Waals surface area contributed by atoms with Crippen LogP contribution in [0.4, 0.5) is 0 Å². The molecule has 18 heavy (non-hydrogen) atoms. The van der Waals surface area contributed by atoms with Crippen LogP contribution in [-0.2, 0) is 0 Å². The number of benzene rings is 1. The predicted molar refractivity (Wildman–Crippen MR) is 65.5 cm³/mol. The number of aliphatic hydroxyl groups is 1. The number of nitrogens with zero attached hydrogens (tertiary/aromatic N) is 1. The Balaban J connectivity index is 2.21. The fourth-order valence-corrected chi connectivity index (χ4v) is 2.28. The van der Waals surface area contributed by atoms with E-state index in [9.17, 15) is 20.1 Å². The molecule has 0 aromatic heterocycles. The van der Waals surface area contributed by atoms with Gasteiger partial charge in [-0.2, -0.15) is 0 Å². The van der Waals surface area contributed by atoms with Crippen molar-refractivity contribution in [1.29, 1.82) is 0 Å². The van der Waals surface area contributed by atoms with Gasteiger partial charge in [0.25, 0.3) is 5.91 Å². The van der Waals surface area contributed by atoms with Gasteiger partial charge in [0.15, 0.2) is 11.5 Å². The van der Waals surface area contributed by atoms with Crippen molar-refractivity contribution in [2.75, 3.05) is 13.2 Å². The van der Waals surface area contributed by atoms with Crippen LogP contribution >= 0.6 is 0 Å². The molecule has 1 amide bonds. The maximum atomic E-state index is 12.3. The topological polar surface area (TPSA) is 81.0 Å². The molecule has 0 saturated carbocycles. The number of amides is 1. The number of carbonyl (C=O) groups excluding carboxylic acids is 1. The summed E-state index contributed by atoms with van der Waals surface area (Å²) in [6.07, 6.45) is 2.73. The van der Waals surface area contributed by atoms with Gasteiger partial charge in [-0.25, -0.2) is 0 Å². The molecule has 3 N–H and O–H groups in total. The number of aromatic hydroxyl groups is 2. The van der Waals surface area contributed by atoms with Gasteiger partial charge < -0.3 is 20.2 Å². The van der Waals surface area contributed by atoms with Gasteiger partial charge in [0.2, 0.25) is 0 Å². The van der Waals surface area contributed by atoms with Gasteiger partial charge in [-0.3, -0.25) is 4.79 Å². The van der Waals surface area contributed by atoms with Gasteiger partial charge in [0, 0.05) is 12.1 Å². The number of rotatable bonds is 2. The summed E-state index contributed by atoms with van der Waals surface area (Å²) >= 11 is 0. The van der Waals surface area contributed by atoms with Crippen molar-refractivity contribution in [3.63, 3.8) is 0 Å². The first-order valence-corrected chi connectivity index (χ1v) is 6.07. The van der Waals surface area contributed by atoms with Crippen LogP contribution in [0.5, 0.6) is 11.5 Å². The molecule has 1 aromatic carbocycles. The van der Waals surface area contributed by atoms with Crippen molar-refractivity contribution >= 4 is 5.91 Å². The lowest BCUT2D eigenvalue weighted by Gasteiger charge is -2.34. The molecular weight excluding hydrogens is 234 g/mol. The average molecular weight is 251 g/mol. The monoisotopic (exact) mass is 251 g/mol. The Bertz CT molecular complexity index is 447. The zero-order valence-corrected chi connectivity index (χ0v) is 10.0. The van der Waals surface area contributed by atoms with Crippen molar-refractivity contribution in [3.05, 3.63) is 23.8 Å². The summed E-state index contributed by atoms with van der Waals surface area (Å²) < 4.78 is 0. The first-order valence-electron chi connectivity index (χ1n) is 6.07. The van der Waals surface area contributed by atoms with Crippen LogP contribution in [-0.4, -0.2) is 45.3 Å². The van der Waals surface area contributed by atoms with Crippen molar-refractivity contribution in [1.82, 2.24) is 4.90 Å². The van der Waals surface area contributed by atoms with Crippen LogP contribution in [0, 0.1) is 0 Å². The third-order valence-corrected chi connectivity index (χ3v) is 3.32. The number of aliphatic hydroxyl groups excluding tert-OH is 1. The number of carbonyl (C=O) groups is 1. The highest BCUT2D eigenvalue weighted by molar-refractivity contribution is 5.95. The molecule has 0 spiro atoms. The molecule has 1 aliphatic rings. The van der Waals surface area contributed by atoms with Crippen molar-refractivity contribution in [3.8, 4) is 11.5 Å². The molecule has 0 aliphatic carbocycles. The normalized spacial score (nSPS) is 19.8. The van der Waals surface area contributed by atoms with E-state index in [1.807, 2.05) is 0 Å². The zero-order chi connectivity index (χ0) is 13.1. The third kappa shape index (κ3) is 2.41. The lowest BCUT2D eigenvalue weighted by Crippen LogP contribution is -2.45. The first-order chi connectivity index (χ1) is 8.63. The molecule has 2 rings (SSSR count). The van der Waals surface area contributed by atoms with Crippen molar-refractivity contribution in [2.45, 2.75) is 25.3 Å². The summed E-state index contributed by atoms with van der Waals surface area (Å²) in [7, 11) is 0. The van der Waals surface area contributed by atoms with E-state index in [0.717, 1.165) is 19.3 Å². The van der Waals surface area contributed by atoms with Crippen molar-refractivity contribution < 1.29 is 20.1 Å². The summed E-state index contributed by atoms with van der Waals surface area (Å²) in [6.45, 7) is 0.571. The standard InChI is InChI=1S/C13H17NO4/c15-8-10-3-1-2-6-14(10)13(18)9-4-5-11(16)12(17)7-9/h4-5,7,10,15-17H,1-3,6,8H2. The Morgan fingerprint density at radius 3 is 2.72 bits per heavy atom. The van der Waals surface area contributed by atoms with Crippen LogP contribution in [0.2, 0.25) is 0 Å². The molecule has 1 unspecified atom stereocenters. The summed E-state index contributed by atoms with van der Waals surface area (Å²) in [5.74, 6) is -0.772. The fraction of sp³-hybridized carbons (Fsp3) is 0.462. The Kier molecular flexibility index (Phi) is 3.72. The zero-order valence-electron chi connectivity index (χ0n) is 10.0. The van der Waals surface area contributed by atoms with Crippen LogP contribution < -0.4 is 0 Å². The summed E-state index contributed by atoms with van der Waals surface area (Å²) in [5.41, 5.74) is 0.325. The molecule has 1 heterocycles. The Morgan fingerprint density at radius 1 is 1.28 bits per heavy atom. The molecule has 98 valence electrons. The third-order valence-electron chi connectivity index (χ3n) is 3.32. The Labute approximate surface area is 105 Å². The summed E-state index contributed by atoms with van der Waals surface area (Å²) in [6, 6.07) is 3.86. The molecule has 1 saturated heterocycles. The van der Waals surface area contributed by atoms with E-state index in [2.05, 4.69) is 0 Å². The quantitative estimate of drug-likeness (QED) is 0.687. The highest BCUT2D eigenvalue weighted by Crippen LogP contribution is 2.27. The number of phenolic OH excluding ortho intramolecular Hbond substituents is 2. The SMILES string of the molecule is O=C(c1ccc(O)c(O)c1)N1CCCCC1CO. The fourth-order valence-electron chi connectivity index (χ4n) is 2.28. The molecule has 1 aliphatic heterocycles. The van der Waals surface area contributed by atoms with E-state index in [1.54, 1.807) is 4.90 Å². The molecule has 0 radical (unpaired) electrons. The molecule has 0 bridgehead atoms. The molecule has 1 atom stereocenters. The number of phenols is 2. The highest BCUT2D eigenvalue weighted by Gasteiger charge is 2.27. The first kappa shape index (κ1) is 12.7. The molecule has 1 fully saturated rings. The minimum Gasteiger partial charge on any atom is -0.504 e. The van der Waals surface area contributed by atoms with Gasteiger partial charge in [-0.15, -0.1) is 0 Å². The average Bonchev–Trinajstić information content (AvgIpc) is 2.41. The Morgan fingerprint density at radius 2 is 2.06 bits per heavy atom. The van der Waals surface area contributed by atoms with Crippen LogP contribution in [0.3, 0.4) is 0 Å². The van der Waals surface area contributed by atoms with Gasteiger partial charge in [0.1, 0.15) is 0 Å². The molecule has 5 nitrogen and oxygen atoms in total. The minimum absolute atomic E-state index is 0.0458. The second kappa shape index (κ2) is 5.27. The lowest BCUT2D eigenvalue weighted by molar-refractivity contribution is 0.0502. The van der Waals surface area contributed by atoms with Crippen LogP contribution in [0.25, 0.3) is 0 Å². The number of likely N-dealkylation sites (tertiary alicyclic amines) is 1. The summed E-state index contributed by atoms with van der Waals surface area (Å²) in [5, 5.41) is 27.9. The maximum Gasteiger partial charge on any atom is 0.254 e. The molecular formula is C13H17NO4. The van der Waals surface area contributed by atoms with Crippen molar-refractivity contribution in [2.24, 2.45) is 0 Å². The van der Waals surface area contributed by atoms with Gasteiger partial charge in [0.05, 0.1) is 12.6 Å². The van der Waals surface area contributed by atoms with Crippen LogP contribution in [0.15, 0.2) is 18.2 Å². The lowest BCUT2D eigenvalue weighted by atomic mass is 10.0. The predicted octanol–water partition coefficient (Wildman–Crippen LogP) is 1.08. The van der Waals surface area contributed by atoms with Gasteiger partial charge >= 0.3 is 0 Å². The largest absolute Gasteiger partial charge is 0.504 e. The second-order valence-electron chi connectivity index (χ2n) is 4.53. The van der Waals surface area contributed by atoms with Gasteiger partial charge in [-0.1, -0.05) is 0 Å². The Hall–Kier alpha value is -1.75. The maximum absolute atomic E-state index is 12.3. The smallest absolute Gasteiger partial charge is 0.254 e.